The molecule has 0 aliphatic heterocycles. The zero-order valence-corrected chi connectivity index (χ0v) is 11.3. The van der Waals surface area contributed by atoms with Crippen LogP contribution in [0.2, 0.25) is 0 Å². The first-order valence-corrected chi connectivity index (χ1v) is 6.58. The quantitative estimate of drug-likeness (QED) is 0.677. The summed E-state index contributed by atoms with van der Waals surface area (Å²) in [5.74, 6) is 0.545. The van der Waals surface area contributed by atoms with Gasteiger partial charge in [0.15, 0.2) is 0 Å². The molecule has 0 bridgehead atoms. The third-order valence-electron chi connectivity index (χ3n) is 3.94. The smallest absolute Gasteiger partial charge is 0.237 e. The van der Waals surface area contributed by atoms with Gasteiger partial charge in [0.25, 0.3) is 0 Å². The van der Waals surface area contributed by atoms with Crippen molar-refractivity contribution >= 4 is 5.91 Å². The monoisotopic (exact) mass is 242 g/mol. The molecule has 1 aliphatic carbocycles. The van der Waals surface area contributed by atoms with Crippen molar-refractivity contribution in [2.24, 2.45) is 11.7 Å². The van der Waals surface area contributed by atoms with Crippen LogP contribution in [0.15, 0.2) is 0 Å². The first-order chi connectivity index (χ1) is 7.98. The summed E-state index contributed by atoms with van der Waals surface area (Å²) in [7, 11) is 1.76. The van der Waals surface area contributed by atoms with Gasteiger partial charge in [-0.1, -0.05) is 19.3 Å². The fraction of sp³-hybridized carbons (Fsp3) is 0.923. The average Bonchev–Trinajstić information content (AvgIpc) is 2.21. The van der Waals surface area contributed by atoms with E-state index in [0.29, 0.717) is 6.42 Å². The Morgan fingerprint density at radius 2 is 2.24 bits per heavy atom. The fourth-order valence-electron chi connectivity index (χ4n) is 2.18. The minimum absolute atomic E-state index is 0.0556. The van der Waals surface area contributed by atoms with Crippen LogP contribution >= 0.6 is 0 Å². The number of ether oxygens (including phenoxy) is 1. The molecule has 1 saturated carbocycles. The first-order valence-electron chi connectivity index (χ1n) is 6.58. The Balaban J connectivity index is 2.22. The van der Waals surface area contributed by atoms with Crippen molar-refractivity contribution in [1.29, 1.82) is 0 Å². The van der Waals surface area contributed by atoms with E-state index in [1.165, 1.54) is 19.3 Å². The molecule has 17 heavy (non-hydrogen) atoms. The van der Waals surface area contributed by atoms with Gasteiger partial charge in [-0.3, -0.25) is 4.79 Å². The maximum Gasteiger partial charge on any atom is 0.237 e. The van der Waals surface area contributed by atoms with E-state index in [-0.39, 0.29) is 12.0 Å². The highest BCUT2D eigenvalue weighted by Crippen LogP contribution is 2.29. The molecule has 0 saturated heterocycles. The van der Waals surface area contributed by atoms with Gasteiger partial charge in [-0.25, -0.2) is 0 Å². The minimum Gasteiger partial charge on any atom is -0.378 e. The van der Waals surface area contributed by atoms with Gasteiger partial charge in [-0.15, -0.1) is 0 Å². The van der Waals surface area contributed by atoms with Crippen LogP contribution in [0.3, 0.4) is 0 Å². The van der Waals surface area contributed by atoms with E-state index in [1.807, 2.05) is 13.8 Å². The largest absolute Gasteiger partial charge is 0.378 e. The van der Waals surface area contributed by atoms with Gasteiger partial charge in [-0.05, 0) is 33.2 Å². The molecule has 3 N–H and O–H groups in total. The highest BCUT2D eigenvalue weighted by Gasteiger charge is 2.31. The predicted octanol–water partition coefficient (Wildman–Crippen LogP) is 1.44. The van der Waals surface area contributed by atoms with Crippen LogP contribution in [-0.2, 0) is 9.53 Å². The lowest BCUT2D eigenvalue weighted by Gasteiger charge is -2.30. The number of rotatable bonds is 8. The second-order valence-electron chi connectivity index (χ2n) is 5.42. The molecule has 1 rings (SSSR count). The number of likely N-dealkylation sites (N-methyl/N-ethyl adjacent to an activating group) is 1. The third-order valence-corrected chi connectivity index (χ3v) is 3.94. The van der Waals surface area contributed by atoms with Crippen LogP contribution in [0.25, 0.3) is 0 Å². The summed E-state index contributed by atoms with van der Waals surface area (Å²) in [6.07, 6.45) is 5.90. The molecule has 0 aromatic rings. The SMILES string of the molecule is CNC(C)(CC(C)OCCC1CCC1)C(N)=O. The summed E-state index contributed by atoms with van der Waals surface area (Å²) >= 11 is 0. The van der Waals surface area contributed by atoms with Gasteiger partial charge in [0, 0.05) is 13.0 Å². The molecule has 1 amide bonds. The minimum atomic E-state index is -0.671. The second kappa shape index (κ2) is 6.36. The van der Waals surface area contributed by atoms with E-state index in [0.717, 1.165) is 18.9 Å². The molecule has 2 unspecified atom stereocenters. The Labute approximate surface area is 104 Å². The lowest BCUT2D eigenvalue weighted by atomic mass is 9.83. The van der Waals surface area contributed by atoms with Crippen LogP contribution in [0.5, 0.6) is 0 Å². The van der Waals surface area contributed by atoms with Crippen molar-refractivity contribution in [2.75, 3.05) is 13.7 Å². The normalized spacial score (nSPS) is 21.6. The maximum atomic E-state index is 11.3. The van der Waals surface area contributed by atoms with E-state index in [4.69, 9.17) is 10.5 Å². The standard InChI is InChI=1S/C13H26N2O2/c1-10(9-13(2,15-3)12(14)16)17-8-7-11-5-4-6-11/h10-11,15H,4-9H2,1-3H3,(H2,14,16). The molecule has 1 fully saturated rings. The van der Waals surface area contributed by atoms with Crippen LogP contribution in [0, 0.1) is 5.92 Å². The van der Waals surface area contributed by atoms with Crippen molar-refractivity contribution in [2.45, 2.75) is 57.6 Å². The van der Waals surface area contributed by atoms with Crippen molar-refractivity contribution in [3.05, 3.63) is 0 Å². The van der Waals surface area contributed by atoms with Gasteiger partial charge in [0.1, 0.15) is 0 Å². The molecular formula is C13H26N2O2. The molecule has 0 aromatic heterocycles. The Morgan fingerprint density at radius 3 is 2.65 bits per heavy atom. The number of hydrogen-bond acceptors (Lipinski definition) is 3. The molecule has 0 heterocycles. The van der Waals surface area contributed by atoms with Gasteiger partial charge in [0.05, 0.1) is 11.6 Å². The summed E-state index contributed by atoms with van der Waals surface area (Å²) in [5, 5.41) is 2.98. The van der Waals surface area contributed by atoms with Crippen molar-refractivity contribution in [3.8, 4) is 0 Å². The first kappa shape index (κ1) is 14.5. The highest BCUT2D eigenvalue weighted by atomic mass is 16.5. The summed E-state index contributed by atoms with van der Waals surface area (Å²) < 4.78 is 5.75. The third kappa shape index (κ3) is 4.28. The number of primary amides is 1. The molecule has 1 aliphatic rings. The Hall–Kier alpha value is -0.610. The van der Waals surface area contributed by atoms with Crippen molar-refractivity contribution in [1.82, 2.24) is 5.32 Å². The molecule has 0 aromatic carbocycles. The maximum absolute atomic E-state index is 11.3. The summed E-state index contributed by atoms with van der Waals surface area (Å²) in [4.78, 5) is 11.3. The molecular weight excluding hydrogens is 216 g/mol. The molecule has 2 atom stereocenters. The lowest BCUT2D eigenvalue weighted by Crippen LogP contribution is -2.53. The average molecular weight is 242 g/mol. The molecule has 0 radical (unpaired) electrons. The summed E-state index contributed by atoms with van der Waals surface area (Å²) in [6.45, 7) is 4.62. The second-order valence-corrected chi connectivity index (χ2v) is 5.42. The van der Waals surface area contributed by atoms with Crippen LogP contribution < -0.4 is 11.1 Å². The van der Waals surface area contributed by atoms with Crippen LogP contribution in [-0.4, -0.2) is 31.2 Å². The van der Waals surface area contributed by atoms with E-state index in [9.17, 15) is 4.79 Å². The van der Waals surface area contributed by atoms with E-state index >= 15 is 0 Å². The highest BCUT2D eigenvalue weighted by molar-refractivity contribution is 5.84. The molecule has 4 nitrogen and oxygen atoms in total. The van der Waals surface area contributed by atoms with E-state index < -0.39 is 5.54 Å². The van der Waals surface area contributed by atoms with Gasteiger partial charge in [0.2, 0.25) is 5.91 Å². The summed E-state index contributed by atoms with van der Waals surface area (Å²) in [5.41, 5.74) is 4.71. The van der Waals surface area contributed by atoms with Gasteiger partial charge < -0.3 is 15.8 Å². The lowest BCUT2D eigenvalue weighted by molar-refractivity contribution is -0.125. The zero-order chi connectivity index (χ0) is 12.9. The number of amides is 1. The Bertz CT molecular complexity index is 254. The van der Waals surface area contributed by atoms with Gasteiger partial charge in [-0.2, -0.15) is 0 Å². The molecule has 0 spiro atoms. The summed E-state index contributed by atoms with van der Waals surface area (Å²) in [6, 6.07) is 0. The Kier molecular flexibility index (Phi) is 5.40. The predicted molar refractivity (Wildman–Crippen MR) is 68.6 cm³/mol. The van der Waals surface area contributed by atoms with E-state index in [2.05, 4.69) is 5.32 Å². The number of nitrogens with one attached hydrogen (secondary N) is 1. The number of hydrogen-bond donors (Lipinski definition) is 2. The molecule has 4 heteroatoms. The van der Waals surface area contributed by atoms with Gasteiger partial charge >= 0.3 is 0 Å². The number of nitrogens with two attached hydrogens (primary N) is 1. The number of carbonyl (C=O) groups excluding carboxylic acids is 1. The topological polar surface area (TPSA) is 64.3 Å². The van der Waals surface area contributed by atoms with E-state index in [1.54, 1.807) is 7.05 Å². The van der Waals surface area contributed by atoms with Crippen LogP contribution in [0.4, 0.5) is 0 Å². The number of carbonyl (C=O) groups is 1. The van der Waals surface area contributed by atoms with Crippen molar-refractivity contribution in [3.63, 3.8) is 0 Å². The van der Waals surface area contributed by atoms with Crippen LogP contribution in [0.1, 0.15) is 46.0 Å². The van der Waals surface area contributed by atoms with Crippen molar-refractivity contribution < 1.29 is 9.53 Å². The molecule has 100 valence electrons. The zero-order valence-electron chi connectivity index (χ0n) is 11.3. The Morgan fingerprint density at radius 1 is 1.59 bits per heavy atom. The fourth-order valence-corrected chi connectivity index (χ4v) is 2.18.